The molecule has 6 nitrogen and oxygen atoms in total. The molecule has 4 amide bonds. The lowest BCUT2D eigenvalue weighted by Crippen LogP contribution is -2.48. The maximum atomic E-state index is 12.4. The first kappa shape index (κ1) is 17.5. The molecule has 0 aromatic rings. The number of rotatable bonds is 5. The van der Waals surface area contributed by atoms with Gasteiger partial charge in [0.05, 0.1) is 0 Å². The SMILES string of the molecule is CC(C)CCC1(C)NC(=O)N(CC(=O)NC(C)(C)C)C1=O. The van der Waals surface area contributed by atoms with Crippen molar-refractivity contribution in [3.63, 3.8) is 0 Å². The molecule has 0 spiro atoms. The summed E-state index contributed by atoms with van der Waals surface area (Å²) in [7, 11) is 0. The van der Waals surface area contributed by atoms with E-state index in [1.54, 1.807) is 6.92 Å². The van der Waals surface area contributed by atoms with Crippen molar-refractivity contribution in [3.8, 4) is 0 Å². The van der Waals surface area contributed by atoms with Crippen molar-refractivity contribution >= 4 is 17.8 Å². The van der Waals surface area contributed by atoms with Crippen LogP contribution in [0.1, 0.15) is 54.4 Å². The molecule has 0 aromatic heterocycles. The Morgan fingerprint density at radius 3 is 2.38 bits per heavy atom. The molecule has 2 N–H and O–H groups in total. The fraction of sp³-hybridized carbons (Fsp3) is 0.800. The van der Waals surface area contributed by atoms with Crippen LogP contribution < -0.4 is 10.6 Å². The number of hydrogen-bond donors (Lipinski definition) is 2. The van der Waals surface area contributed by atoms with Crippen LogP contribution in [0.5, 0.6) is 0 Å². The summed E-state index contributed by atoms with van der Waals surface area (Å²) in [5.41, 5.74) is -1.29. The van der Waals surface area contributed by atoms with Crippen molar-refractivity contribution in [2.45, 2.75) is 65.5 Å². The second-order valence-corrected chi connectivity index (χ2v) is 7.38. The van der Waals surface area contributed by atoms with E-state index < -0.39 is 17.1 Å². The predicted octanol–water partition coefficient (Wildman–Crippen LogP) is 1.65. The molecule has 6 heteroatoms. The van der Waals surface area contributed by atoms with Crippen LogP contribution >= 0.6 is 0 Å². The van der Waals surface area contributed by atoms with E-state index in [2.05, 4.69) is 24.5 Å². The predicted molar refractivity (Wildman–Crippen MR) is 80.6 cm³/mol. The van der Waals surface area contributed by atoms with Crippen molar-refractivity contribution < 1.29 is 14.4 Å². The summed E-state index contributed by atoms with van der Waals surface area (Å²) in [5, 5.41) is 5.46. The Bertz CT molecular complexity index is 440. The second-order valence-electron chi connectivity index (χ2n) is 7.38. The van der Waals surface area contributed by atoms with E-state index in [0.29, 0.717) is 12.3 Å². The van der Waals surface area contributed by atoms with Crippen LogP contribution in [0.15, 0.2) is 0 Å². The lowest BCUT2D eigenvalue weighted by molar-refractivity contribution is -0.135. The van der Waals surface area contributed by atoms with E-state index in [1.807, 2.05) is 20.8 Å². The monoisotopic (exact) mass is 297 g/mol. The maximum absolute atomic E-state index is 12.4. The van der Waals surface area contributed by atoms with Crippen molar-refractivity contribution in [2.75, 3.05) is 6.54 Å². The molecule has 1 rings (SSSR count). The average molecular weight is 297 g/mol. The highest BCUT2D eigenvalue weighted by atomic mass is 16.2. The molecule has 1 aliphatic rings. The van der Waals surface area contributed by atoms with Crippen molar-refractivity contribution in [2.24, 2.45) is 5.92 Å². The minimum atomic E-state index is -0.899. The Labute approximate surface area is 126 Å². The highest BCUT2D eigenvalue weighted by molar-refractivity contribution is 6.08. The Morgan fingerprint density at radius 2 is 1.90 bits per heavy atom. The Morgan fingerprint density at radius 1 is 1.33 bits per heavy atom. The molecule has 1 saturated heterocycles. The van der Waals surface area contributed by atoms with Gasteiger partial charge in [0.1, 0.15) is 12.1 Å². The van der Waals surface area contributed by atoms with Gasteiger partial charge in [-0.3, -0.25) is 14.5 Å². The van der Waals surface area contributed by atoms with Gasteiger partial charge in [-0.25, -0.2) is 4.79 Å². The highest BCUT2D eigenvalue weighted by Gasteiger charge is 2.47. The van der Waals surface area contributed by atoms with E-state index in [1.165, 1.54) is 0 Å². The average Bonchev–Trinajstić information content (AvgIpc) is 2.49. The van der Waals surface area contributed by atoms with E-state index in [4.69, 9.17) is 0 Å². The summed E-state index contributed by atoms with van der Waals surface area (Å²) in [6.45, 7) is 11.2. The smallest absolute Gasteiger partial charge is 0.325 e. The molecule has 1 aliphatic heterocycles. The third-order valence-corrected chi connectivity index (χ3v) is 3.38. The van der Waals surface area contributed by atoms with E-state index in [9.17, 15) is 14.4 Å². The number of carbonyl (C=O) groups is 3. The number of amides is 4. The minimum Gasteiger partial charge on any atom is -0.350 e. The Balaban J connectivity index is 2.71. The van der Waals surface area contributed by atoms with Gasteiger partial charge in [-0.15, -0.1) is 0 Å². The fourth-order valence-corrected chi connectivity index (χ4v) is 2.24. The molecule has 21 heavy (non-hydrogen) atoms. The summed E-state index contributed by atoms with van der Waals surface area (Å²) in [4.78, 5) is 37.3. The Kier molecular flexibility index (Phi) is 5.02. The van der Waals surface area contributed by atoms with Crippen LogP contribution in [-0.2, 0) is 9.59 Å². The van der Waals surface area contributed by atoms with Gasteiger partial charge in [0, 0.05) is 5.54 Å². The fourth-order valence-electron chi connectivity index (χ4n) is 2.24. The summed E-state index contributed by atoms with van der Waals surface area (Å²) in [6.07, 6.45) is 1.41. The van der Waals surface area contributed by atoms with E-state index in [-0.39, 0.29) is 18.4 Å². The quantitative estimate of drug-likeness (QED) is 0.757. The maximum Gasteiger partial charge on any atom is 0.325 e. The van der Waals surface area contributed by atoms with E-state index in [0.717, 1.165) is 11.3 Å². The first-order valence-corrected chi connectivity index (χ1v) is 7.40. The van der Waals surface area contributed by atoms with Crippen LogP contribution in [0.2, 0.25) is 0 Å². The topological polar surface area (TPSA) is 78.5 Å². The van der Waals surface area contributed by atoms with Gasteiger partial charge in [0.25, 0.3) is 5.91 Å². The van der Waals surface area contributed by atoms with Gasteiger partial charge < -0.3 is 10.6 Å². The van der Waals surface area contributed by atoms with Crippen molar-refractivity contribution in [1.82, 2.24) is 15.5 Å². The number of imide groups is 1. The molecule has 1 atom stereocenters. The standard InChI is InChI=1S/C15H27N3O3/c1-10(2)7-8-15(6)12(20)18(13(21)17-15)9-11(19)16-14(3,4)5/h10H,7-9H2,1-6H3,(H,16,19)(H,17,21). The van der Waals surface area contributed by atoms with Gasteiger partial charge in [-0.2, -0.15) is 0 Å². The van der Waals surface area contributed by atoms with Crippen LogP contribution in [0.25, 0.3) is 0 Å². The van der Waals surface area contributed by atoms with E-state index >= 15 is 0 Å². The van der Waals surface area contributed by atoms with Crippen LogP contribution in [-0.4, -0.2) is 40.4 Å². The molecule has 1 unspecified atom stereocenters. The summed E-state index contributed by atoms with van der Waals surface area (Å²) < 4.78 is 0. The lowest BCUT2D eigenvalue weighted by Gasteiger charge is -2.24. The van der Waals surface area contributed by atoms with Gasteiger partial charge in [0.2, 0.25) is 5.91 Å². The third-order valence-electron chi connectivity index (χ3n) is 3.38. The van der Waals surface area contributed by atoms with Gasteiger partial charge in [-0.1, -0.05) is 13.8 Å². The molecule has 120 valence electrons. The van der Waals surface area contributed by atoms with Gasteiger partial charge in [-0.05, 0) is 46.5 Å². The zero-order chi connectivity index (χ0) is 16.4. The van der Waals surface area contributed by atoms with Crippen LogP contribution in [0.3, 0.4) is 0 Å². The summed E-state index contributed by atoms with van der Waals surface area (Å²) in [5.74, 6) is -0.207. The summed E-state index contributed by atoms with van der Waals surface area (Å²) in [6, 6.07) is -0.490. The first-order chi connectivity index (χ1) is 9.44. The second kappa shape index (κ2) is 6.03. The minimum absolute atomic E-state index is 0.237. The first-order valence-electron chi connectivity index (χ1n) is 7.40. The largest absolute Gasteiger partial charge is 0.350 e. The molecular formula is C15H27N3O3. The molecular weight excluding hydrogens is 270 g/mol. The molecule has 1 heterocycles. The van der Waals surface area contributed by atoms with Crippen LogP contribution in [0.4, 0.5) is 4.79 Å². The molecule has 1 fully saturated rings. The number of urea groups is 1. The normalized spacial score (nSPS) is 22.7. The zero-order valence-corrected chi connectivity index (χ0v) is 13.9. The van der Waals surface area contributed by atoms with Crippen LogP contribution in [0, 0.1) is 5.92 Å². The number of carbonyl (C=O) groups excluding carboxylic acids is 3. The molecule has 0 radical (unpaired) electrons. The van der Waals surface area contributed by atoms with Crippen molar-refractivity contribution in [1.29, 1.82) is 0 Å². The number of nitrogens with one attached hydrogen (secondary N) is 2. The third kappa shape index (κ3) is 4.72. The van der Waals surface area contributed by atoms with Gasteiger partial charge >= 0.3 is 6.03 Å². The number of hydrogen-bond acceptors (Lipinski definition) is 3. The van der Waals surface area contributed by atoms with Gasteiger partial charge in [0.15, 0.2) is 0 Å². The zero-order valence-electron chi connectivity index (χ0n) is 13.9. The van der Waals surface area contributed by atoms with Crippen molar-refractivity contribution in [3.05, 3.63) is 0 Å². The highest BCUT2D eigenvalue weighted by Crippen LogP contribution is 2.24. The molecule has 0 aromatic carbocycles. The summed E-state index contributed by atoms with van der Waals surface area (Å²) >= 11 is 0. The number of nitrogens with zero attached hydrogens (tertiary/aromatic N) is 1. The lowest BCUT2D eigenvalue weighted by atomic mass is 9.92. The molecule has 0 bridgehead atoms. The molecule has 0 aliphatic carbocycles. The Hall–Kier alpha value is -1.59. The molecule has 0 saturated carbocycles.